The van der Waals surface area contributed by atoms with E-state index in [2.05, 4.69) is 20.5 Å². The van der Waals surface area contributed by atoms with Crippen molar-refractivity contribution in [3.63, 3.8) is 0 Å². The highest BCUT2D eigenvalue weighted by Crippen LogP contribution is 2.11. The highest BCUT2D eigenvalue weighted by molar-refractivity contribution is 5.88. The maximum absolute atomic E-state index is 11.6. The summed E-state index contributed by atoms with van der Waals surface area (Å²) in [4.78, 5) is 15.5. The lowest BCUT2D eigenvalue weighted by atomic mass is 10.2. The van der Waals surface area contributed by atoms with Gasteiger partial charge < -0.3 is 9.47 Å². The third-order valence-electron chi connectivity index (χ3n) is 2.52. The van der Waals surface area contributed by atoms with Crippen molar-refractivity contribution in [2.75, 3.05) is 19.0 Å². The van der Waals surface area contributed by atoms with Gasteiger partial charge in [-0.25, -0.2) is 5.10 Å². The Labute approximate surface area is 116 Å². The predicted molar refractivity (Wildman–Crippen MR) is 72.9 cm³/mol. The van der Waals surface area contributed by atoms with Crippen molar-refractivity contribution >= 4 is 11.9 Å². The van der Waals surface area contributed by atoms with E-state index in [0.717, 1.165) is 11.3 Å². The van der Waals surface area contributed by atoms with Gasteiger partial charge in [0.05, 0.1) is 20.1 Å². The molecule has 2 aromatic rings. The van der Waals surface area contributed by atoms with Gasteiger partial charge in [0.15, 0.2) is 0 Å². The lowest BCUT2D eigenvalue weighted by Crippen LogP contribution is -2.16. The van der Waals surface area contributed by atoms with Gasteiger partial charge in [-0.2, -0.15) is 4.98 Å². The van der Waals surface area contributed by atoms with E-state index in [9.17, 15) is 4.79 Å². The second-order valence-electron chi connectivity index (χ2n) is 4.13. The number of anilines is 1. The number of ether oxygens (including phenoxy) is 2. The number of aromatic nitrogens is 3. The third-order valence-corrected chi connectivity index (χ3v) is 2.52. The number of amides is 1. The van der Waals surface area contributed by atoms with Crippen molar-refractivity contribution in [3.8, 4) is 11.8 Å². The molecule has 0 saturated carbocycles. The minimum atomic E-state index is -0.212. The fourth-order valence-electron chi connectivity index (χ4n) is 1.48. The number of hydrogen-bond acceptors (Lipinski definition) is 5. The average molecular weight is 276 g/mol. The van der Waals surface area contributed by atoms with Crippen LogP contribution in [0.5, 0.6) is 11.8 Å². The molecule has 2 rings (SSSR count). The van der Waals surface area contributed by atoms with Crippen molar-refractivity contribution in [3.05, 3.63) is 29.8 Å². The number of nitrogens with one attached hydrogen (secondary N) is 2. The Morgan fingerprint density at radius 3 is 2.75 bits per heavy atom. The molecule has 1 amide bonds. The predicted octanol–water partition coefficient (Wildman–Crippen LogP) is 1.53. The molecule has 7 heteroatoms. The number of aromatic amines is 1. The van der Waals surface area contributed by atoms with E-state index < -0.39 is 0 Å². The van der Waals surface area contributed by atoms with E-state index in [1.807, 2.05) is 31.2 Å². The molecule has 2 N–H and O–H groups in total. The molecular formula is C13H16N4O3. The zero-order valence-electron chi connectivity index (χ0n) is 11.3. The highest BCUT2D eigenvalue weighted by Gasteiger charge is 2.07. The Bertz CT molecular complexity index is 565. The molecule has 1 aromatic heterocycles. The molecule has 0 spiro atoms. The second kappa shape index (κ2) is 6.55. The molecule has 0 radical (unpaired) electrons. The molecule has 0 aliphatic carbocycles. The van der Waals surface area contributed by atoms with Crippen molar-refractivity contribution < 1.29 is 14.3 Å². The summed E-state index contributed by atoms with van der Waals surface area (Å²) in [6.45, 7) is 2.29. The van der Waals surface area contributed by atoms with Gasteiger partial charge in [0, 0.05) is 0 Å². The molecule has 1 aromatic carbocycles. The number of benzene rings is 1. The average Bonchev–Trinajstić information content (AvgIpc) is 2.88. The minimum absolute atomic E-state index is 0.177. The molecule has 0 unspecified atom stereocenters. The molecular weight excluding hydrogens is 260 g/mol. The first kappa shape index (κ1) is 13.9. The van der Waals surface area contributed by atoms with Crippen LogP contribution in [0.3, 0.4) is 0 Å². The molecule has 1 heterocycles. The maximum Gasteiger partial charge on any atom is 0.336 e. The quantitative estimate of drug-likeness (QED) is 0.835. The summed E-state index contributed by atoms with van der Waals surface area (Å²) in [5.74, 6) is 0.780. The van der Waals surface area contributed by atoms with Gasteiger partial charge in [0.25, 0.3) is 0 Å². The lowest BCUT2D eigenvalue weighted by Gasteiger charge is -2.06. The number of H-pyrrole nitrogens is 1. The van der Waals surface area contributed by atoms with E-state index >= 15 is 0 Å². The molecule has 0 bridgehead atoms. The SMILES string of the molecule is COc1n[nH]c(NC(=O)CCOc2ccc(C)cc2)n1. The molecule has 7 nitrogen and oxygen atoms in total. The van der Waals surface area contributed by atoms with Crippen LogP contribution in [0, 0.1) is 6.92 Å². The number of carbonyl (C=O) groups is 1. The van der Waals surface area contributed by atoms with Crippen LogP contribution in [0.4, 0.5) is 5.95 Å². The minimum Gasteiger partial charge on any atom is -0.493 e. The van der Waals surface area contributed by atoms with Gasteiger partial charge in [-0.15, -0.1) is 5.10 Å². The molecule has 0 aliphatic heterocycles. The monoisotopic (exact) mass is 276 g/mol. The number of nitrogens with zero attached hydrogens (tertiary/aromatic N) is 2. The van der Waals surface area contributed by atoms with Gasteiger partial charge in [-0.1, -0.05) is 17.7 Å². The summed E-state index contributed by atoms with van der Waals surface area (Å²) < 4.78 is 10.3. The Hall–Kier alpha value is -2.57. The Morgan fingerprint density at radius 2 is 2.10 bits per heavy atom. The molecule has 0 saturated heterocycles. The van der Waals surface area contributed by atoms with Gasteiger partial charge in [-0.3, -0.25) is 10.1 Å². The second-order valence-corrected chi connectivity index (χ2v) is 4.13. The summed E-state index contributed by atoms with van der Waals surface area (Å²) >= 11 is 0. The normalized spacial score (nSPS) is 10.1. The van der Waals surface area contributed by atoms with E-state index in [-0.39, 0.29) is 24.3 Å². The largest absolute Gasteiger partial charge is 0.493 e. The van der Waals surface area contributed by atoms with Gasteiger partial charge >= 0.3 is 6.01 Å². The maximum atomic E-state index is 11.6. The molecule has 0 aliphatic rings. The summed E-state index contributed by atoms with van der Waals surface area (Å²) in [5.41, 5.74) is 1.16. The number of methoxy groups -OCH3 is 1. The van der Waals surface area contributed by atoms with E-state index in [0.29, 0.717) is 6.61 Å². The number of aryl methyl sites for hydroxylation is 1. The van der Waals surface area contributed by atoms with Crippen LogP contribution < -0.4 is 14.8 Å². The van der Waals surface area contributed by atoms with Gasteiger partial charge in [0.2, 0.25) is 11.9 Å². The van der Waals surface area contributed by atoms with Gasteiger partial charge in [0.1, 0.15) is 5.75 Å². The fourth-order valence-corrected chi connectivity index (χ4v) is 1.48. The molecule has 106 valence electrons. The molecule has 0 atom stereocenters. The summed E-state index contributed by atoms with van der Waals surface area (Å²) in [6.07, 6.45) is 0.219. The Morgan fingerprint density at radius 1 is 1.35 bits per heavy atom. The van der Waals surface area contributed by atoms with Crippen LogP contribution in [0.2, 0.25) is 0 Å². The summed E-state index contributed by atoms with van der Waals surface area (Å²) in [5, 5.41) is 8.83. The topological polar surface area (TPSA) is 89.1 Å². The van der Waals surface area contributed by atoms with Crippen LogP contribution in [-0.2, 0) is 4.79 Å². The lowest BCUT2D eigenvalue weighted by molar-refractivity contribution is -0.116. The zero-order valence-corrected chi connectivity index (χ0v) is 11.3. The molecule has 20 heavy (non-hydrogen) atoms. The van der Waals surface area contributed by atoms with Crippen molar-refractivity contribution in [1.82, 2.24) is 15.2 Å². The third kappa shape index (κ3) is 3.98. The zero-order chi connectivity index (χ0) is 14.4. The Kier molecular flexibility index (Phi) is 4.54. The number of carbonyl (C=O) groups excluding carboxylic acids is 1. The number of rotatable bonds is 6. The van der Waals surface area contributed by atoms with Crippen LogP contribution >= 0.6 is 0 Å². The van der Waals surface area contributed by atoms with Crippen LogP contribution in [0.15, 0.2) is 24.3 Å². The van der Waals surface area contributed by atoms with Crippen molar-refractivity contribution in [2.24, 2.45) is 0 Å². The van der Waals surface area contributed by atoms with Crippen LogP contribution in [-0.4, -0.2) is 34.8 Å². The smallest absolute Gasteiger partial charge is 0.336 e. The van der Waals surface area contributed by atoms with E-state index in [1.54, 1.807) is 0 Å². The standard InChI is InChI=1S/C13H16N4O3/c1-9-3-5-10(6-4-9)20-8-7-11(18)14-12-15-13(19-2)17-16-12/h3-6H,7-8H2,1-2H3,(H2,14,15,16,17,18). The first-order valence-corrected chi connectivity index (χ1v) is 6.13. The number of hydrogen-bond donors (Lipinski definition) is 2. The van der Waals surface area contributed by atoms with Crippen molar-refractivity contribution in [1.29, 1.82) is 0 Å². The highest BCUT2D eigenvalue weighted by atomic mass is 16.5. The Balaban J connectivity index is 1.73. The first-order chi connectivity index (χ1) is 9.67. The van der Waals surface area contributed by atoms with E-state index in [1.165, 1.54) is 7.11 Å². The summed E-state index contributed by atoms with van der Waals surface area (Å²) in [6, 6.07) is 7.83. The van der Waals surface area contributed by atoms with E-state index in [4.69, 9.17) is 9.47 Å². The first-order valence-electron chi connectivity index (χ1n) is 6.13. The summed E-state index contributed by atoms with van der Waals surface area (Å²) in [7, 11) is 1.45. The van der Waals surface area contributed by atoms with Gasteiger partial charge in [-0.05, 0) is 19.1 Å². The molecule has 0 fully saturated rings. The van der Waals surface area contributed by atoms with Crippen molar-refractivity contribution in [2.45, 2.75) is 13.3 Å². The van der Waals surface area contributed by atoms with Crippen LogP contribution in [0.1, 0.15) is 12.0 Å². The van der Waals surface area contributed by atoms with Crippen LogP contribution in [0.25, 0.3) is 0 Å². The fraction of sp³-hybridized carbons (Fsp3) is 0.308.